The van der Waals surface area contributed by atoms with Crippen molar-refractivity contribution >= 4 is 28.7 Å². The maximum atomic E-state index is 11.7. The van der Waals surface area contributed by atoms with Crippen molar-refractivity contribution in [2.45, 2.75) is 103 Å². The van der Waals surface area contributed by atoms with Gasteiger partial charge in [0.15, 0.2) is 0 Å². The summed E-state index contributed by atoms with van der Waals surface area (Å²) in [7, 11) is 2.18. The predicted molar refractivity (Wildman–Crippen MR) is 170 cm³/mol. The molecular formula is C37H44N2O2. The maximum Gasteiger partial charge on any atom is 0.335 e. The van der Waals surface area contributed by atoms with E-state index >= 15 is 0 Å². The summed E-state index contributed by atoms with van der Waals surface area (Å²) in [5.41, 5.74) is 12.4. The number of fused-ring (bicyclic) bond motifs is 4. The van der Waals surface area contributed by atoms with Crippen LogP contribution in [0.5, 0.6) is 0 Å². The molecule has 0 aromatic heterocycles. The topological polar surface area (TPSA) is 52.9 Å². The molecule has 41 heavy (non-hydrogen) atoms. The molecule has 0 fully saturated rings. The molecule has 1 aliphatic heterocycles. The molecule has 0 saturated heterocycles. The van der Waals surface area contributed by atoms with E-state index in [1.807, 2.05) is 12.1 Å². The van der Waals surface area contributed by atoms with Gasteiger partial charge in [-0.3, -0.25) is 0 Å². The van der Waals surface area contributed by atoms with Crippen LogP contribution in [0, 0.1) is 0 Å². The van der Waals surface area contributed by atoms with Crippen LogP contribution in [0.4, 0.5) is 17.1 Å². The Morgan fingerprint density at radius 1 is 0.683 bits per heavy atom. The minimum absolute atomic E-state index is 0.0586. The van der Waals surface area contributed by atoms with Crippen LogP contribution in [-0.4, -0.2) is 23.8 Å². The second kappa shape index (κ2) is 8.80. The van der Waals surface area contributed by atoms with Gasteiger partial charge >= 0.3 is 5.97 Å². The maximum absolute atomic E-state index is 11.7. The van der Waals surface area contributed by atoms with E-state index in [9.17, 15) is 9.90 Å². The quantitative estimate of drug-likeness (QED) is 0.347. The Kier molecular flexibility index (Phi) is 5.96. The molecular weight excluding hydrogens is 504 g/mol. The summed E-state index contributed by atoms with van der Waals surface area (Å²) >= 11 is 0. The molecule has 214 valence electrons. The number of rotatable bonds is 2. The molecule has 0 bridgehead atoms. The van der Waals surface area contributed by atoms with E-state index in [0.717, 1.165) is 59.6 Å². The molecule has 0 spiro atoms. The lowest BCUT2D eigenvalue weighted by Gasteiger charge is -2.43. The first-order valence-electron chi connectivity index (χ1n) is 15.1. The average molecular weight is 549 g/mol. The molecule has 0 saturated carbocycles. The van der Waals surface area contributed by atoms with E-state index in [0.29, 0.717) is 0 Å². The first kappa shape index (κ1) is 27.8. The fourth-order valence-corrected chi connectivity index (χ4v) is 7.32. The van der Waals surface area contributed by atoms with Gasteiger partial charge in [-0.15, -0.1) is 0 Å². The van der Waals surface area contributed by atoms with Gasteiger partial charge in [0, 0.05) is 18.2 Å². The third-order valence-electron chi connectivity index (χ3n) is 10.5. The van der Waals surface area contributed by atoms with E-state index in [4.69, 9.17) is 4.99 Å². The second-order valence-corrected chi connectivity index (χ2v) is 15.2. The molecule has 1 N–H and O–H groups in total. The van der Waals surface area contributed by atoms with Crippen molar-refractivity contribution in [2.75, 3.05) is 11.9 Å². The lowest BCUT2D eigenvalue weighted by atomic mass is 9.62. The van der Waals surface area contributed by atoms with Gasteiger partial charge in [0.05, 0.1) is 28.3 Å². The third-order valence-corrected chi connectivity index (χ3v) is 10.5. The van der Waals surface area contributed by atoms with Crippen LogP contribution >= 0.6 is 0 Å². The molecule has 3 aromatic rings. The zero-order valence-electron chi connectivity index (χ0n) is 26.2. The molecule has 3 aromatic carbocycles. The highest BCUT2D eigenvalue weighted by Crippen LogP contribution is 2.53. The molecule has 1 heterocycles. The Hall–Kier alpha value is -3.40. The fourth-order valence-electron chi connectivity index (χ4n) is 7.32. The van der Waals surface area contributed by atoms with Crippen molar-refractivity contribution in [3.8, 4) is 0 Å². The Bertz CT molecular complexity index is 1620. The monoisotopic (exact) mass is 548 g/mol. The van der Waals surface area contributed by atoms with Crippen LogP contribution < -0.4 is 4.90 Å². The van der Waals surface area contributed by atoms with Crippen molar-refractivity contribution in [3.63, 3.8) is 0 Å². The van der Waals surface area contributed by atoms with E-state index in [2.05, 4.69) is 91.6 Å². The number of benzene rings is 3. The minimum atomic E-state index is -0.917. The number of nitrogens with zero attached hydrogens (tertiary/aromatic N) is 2. The first-order valence-corrected chi connectivity index (χ1v) is 15.1. The van der Waals surface area contributed by atoms with Gasteiger partial charge in [-0.1, -0.05) is 67.5 Å². The fraction of sp³-hybridized carbons (Fsp3) is 0.459. The van der Waals surface area contributed by atoms with Gasteiger partial charge in [-0.25, -0.2) is 9.79 Å². The number of aliphatic imine (C=N–C) groups is 1. The molecule has 4 nitrogen and oxygen atoms in total. The molecule has 4 heteroatoms. The van der Waals surface area contributed by atoms with Gasteiger partial charge < -0.3 is 10.0 Å². The number of carboxylic acid groups (broad SMARTS) is 1. The summed E-state index contributed by atoms with van der Waals surface area (Å²) in [5.74, 6) is -0.917. The van der Waals surface area contributed by atoms with Crippen molar-refractivity contribution in [2.24, 2.45) is 4.99 Å². The molecule has 0 unspecified atom stereocenters. The summed E-state index contributed by atoms with van der Waals surface area (Å²) in [4.78, 5) is 19.5. The van der Waals surface area contributed by atoms with Crippen molar-refractivity contribution < 1.29 is 9.90 Å². The first-order chi connectivity index (χ1) is 19.0. The van der Waals surface area contributed by atoms with Crippen molar-refractivity contribution in [3.05, 3.63) is 87.5 Å². The summed E-state index contributed by atoms with van der Waals surface area (Å²) in [6.45, 7) is 18.9. The van der Waals surface area contributed by atoms with Crippen molar-refractivity contribution in [1.29, 1.82) is 0 Å². The highest BCUT2D eigenvalue weighted by atomic mass is 16.4. The highest BCUT2D eigenvalue weighted by Gasteiger charge is 2.41. The van der Waals surface area contributed by atoms with Gasteiger partial charge in [0.25, 0.3) is 0 Å². The molecule has 6 rings (SSSR count). The highest BCUT2D eigenvalue weighted by molar-refractivity contribution is 6.19. The lowest BCUT2D eigenvalue weighted by molar-refractivity contribution is 0.0697. The van der Waals surface area contributed by atoms with E-state index in [-0.39, 0.29) is 27.2 Å². The van der Waals surface area contributed by atoms with Crippen LogP contribution in [0.15, 0.2) is 53.5 Å². The van der Waals surface area contributed by atoms with Gasteiger partial charge in [-0.05, 0) is 106 Å². The van der Waals surface area contributed by atoms with E-state index in [1.165, 1.54) is 22.3 Å². The Morgan fingerprint density at radius 3 is 1.61 bits per heavy atom. The van der Waals surface area contributed by atoms with Gasteiger partial charge in [-0.2, -0.15) is 0 Å². The molecule has 0 atom stereocenters. The van der Waals surface area contributed by atoms with Crippen LogP contribution in [0.3, 0.4) is 0 Å². The van der Waals surface area contributed by atoms with Crippen molar-refractivity contribution in [1.82, 2.24) is 0 Å². The van der Waals surface area contributed by atoms with Crippen LogP contribution in [-0.2, 0) is 21.7 Å². The zero-order chi connectivity index (χ0) is 29.7. The molecule has 3 aliphatic rings. The smallest absolute Gasteiger partial charge is 0.335 e. The molecule has 2 aliphatic carbocycles. The Balaban J connectivity index is 1.68. The Morgan fingerprint density at radius 2 is 1.12 bits per heavy atom. The number of carbonyl (C=O) groups is 1. The largest absolute Gasteiger partial charge is 0.478 e. The number of aromatic carboxylic acids is 1. The molecule has 0 radical (unpaired) electrons. The average Bonchev–Trinajstić information content (AvgIpc) is 3.02. The summed E-state index contributed by atoms with van der Waals surface area (Å²) < 4.78 is 0. The Labute approximate surface area is 245 Å². The van der Waals surface area contributed by atoms with Gasteiger partial charge in [0.2, 0.25) is 0 Å². The second-order valence-electron chi connectivity index (χ2n) is 15.2. The summed E-state index contributed by atoms with van der Waals surface area (Å²) in [6, 6.07) is 16.8. The number of carboxylic acids is 1. The molecule has 0 amide bonds. The minimum Gasteiger partial charge on any atom is -0.478 e. The van der Waals surface area contributed by atoms with E-state index in [1.54, 1.807) is 12.1 Å². The number of anilines is 2. The number of hydrogen-bond acceptors (Lipinski definition) is 3. The van der Waals surface area contributed by atoms with Gasteiger partial charge in [0.1, 0.15) is 0 Å². The number of hydrogen-bond donors (Lipinski definition) is 1. The predicted octanol–water partition coefficient (Wildman–Crippen LogP) is 9.33. The zero-order valence-corrected chi connectivity index (χ0v) is 26.2. The summed E-state index contributed by atoms with van der Waals surface area (Å²) in [5, 5.41) is 9.56. The third kappa shape index (κ3) is 4.33. The SMILES string of the molecule is CN1c2cc3c(cc2N=C(c2ccc(C(=O)O)cc2)c2cc4c(cc21)C(C)(C)CCC4(C)C)C(C)(C)CCC3(C)C. The van der Waals surface area contributed by atoms with Crippen LogP contribution in [0.2, 0.25) is 0 Å². The van der Waals surface area contributed by atoms with Crippen LogP contribution in [0.1, 0.15) is 125 Å². The van der Waals surface area contributed by atoms with E-state index < -0.39 is 5.97 Å². The van der Waals surface area contributed by atoms with Crippen LogP contribution in [0.25, 0.3) is 0 Å². The summed E-state index contributed by atoms with van der Waals surface area (Å²) in [6.07, 6.45) is 4.60. The standard InChI is InChI=1S/C37H44N2O2/c1-34(2)14-16-36(5,6)27-20-30-24(18-25(27)34)32(22-10-12-23(13-11-22)33(40)41)38-29-19-26-28(21-31(29)39(30)9)37(7,8)17-15-35(26,3)4/h10-13,18-21H,14-17H2,1-9H3,(H,40,41). The normalized spacial score (nSPS) is 21.0. The lowest BCUT2D eigenvalue weighted by Crippen LogP contribution is -2.35.